The number of carboxylic acid groups (broad SMARTS) is 1. The van der Waals surface area contributed by atoms with Gasteiger partial charge in [0.2, 0.25) is 0 Å². The third-order valence-corrected chi connectivity index (χ3v) is 2.55. The van der Waals surface area contributed by atoms with Crippen molar-refractivity contribution in [2.75, 3.05) is 18.7 Å². The lowest BCUT2D eigenvalue weighted by Crippen LogP contribution is -2.49. The minimum atomic E-state index is -1.22. The van der Waals surface area contributed by atoms with Crippen LogP contribution in [0, 0.1) is 0 Å². The molecule has 0 bridgehead atoms. The Morgan fingerprint density at radius 2 is 2.06 bits per heavy atom. The first-order valence-corrected chi connectivity index (χ1v) is 5.29. The molecule has 2 amide bonds. The molecule has 0 saturated heterocycles. The lowest BCUT2D eigenvalue weighted by Gasteiger charge is -2.30. The van der Waals surface area contributed by atoms with Gasteiger partial charge in [-0.1, -0.05) is 30.4 Å². The summed E-state index contributed by atoms with van der Waals surface area (Å²) in [6, 6.07) is 7.01. The second-order valence-electron chi connectivity index (χ2n) is 3.61. The fourth-order valence-corrected chi connectivity index (χ4v) is 1.76. The Hall–Kier alpha value is -2.50. The van der Waals surface area contributed by atoms with Crippen LogP contribution in [-0.2, 0) is 4.74 Å². The number of benzene rings is 1. The SMILES string of the molecule is COC(=O)N1c2ccccc2C=CCN1C(=O)O. The van der Waals surface area contributed by atoms with Crippen LogP contribution in [0.3, 0.4) is 0 Å². The van der Waals surface area contributed by atoms with Crippen LogP contribution in [0.25, 0.3) is 6.08 Å². The van der Waals surface area contributed by atoms with E-state index in [4.69, 9.17) is 5.11 Å². The third-order valence-electron chi connectivity index (χ3n) is 2.55. The highest BCUT2D eigenvalue weighted by molar-refractivity contribution is 5.93. The lowest BCUT2D eigenvalue weighted by atomic mass is 10.1. The molecule has 1 aliphatic heterocycles. The summed E-state index contributed by atoms with van der Waals surface area (Å²) in [4.78, 5) is 23.0. The summed E-state index contributed by atoms with van der Waals surface area (Å²) in [6.07, 6.45) is 1.49. The number of nitrogens with zero attached hydrogens (tertiary/aromatic N) is 2. The van der Waals surface area contributed by atoms with Gasteiger partial charge in [0.25, 0.3) is 0 Å². The first kappa shape index (κ1) is 12.0. The molecule has 6 nitrogen and oxygen atoms in total. The molecule has 0 aliphatic carbocycles. The molecule has 18 heavy (non-hydrogen) atoms. The molecule has 1 aromatic rings. The number of rotatable bonds is 0. The van der Waals surface area contributed by atoms with E-state index in [1.165, 1.54) is 7.11 Å². The van der Waals surface area contributed by atoms with Crippen LogP contribution in [0.1, 0.15) is 5.56 Å². The molecule has 0 radical (unpaired) electrons. The van der Waals surface area contributed by atoms with Crippen LogP contribution in [-0.4, -0.2) is 36.0 Å². The van der Waals surface area contributed by atoms with E-state index in [1.54, 1.807) is 30.4 Å². The summed E-state index contributed by atoms with van der Waals surface area (Å²) in [7, 11) is 1.21. The highest BCUT2D eigenvalue weighted by Gasteiger charge is 2.30. The first-order chi connectivity index (χ1) is 8.65. The zero-order chi connectivity index (χ0) is 13.1. The molecule has 0 atom stereocenters. The number of anilines is 1. The topological polar surface area (TPSA) is 70.1 Å². The molecule has 0 unspecified atom stereocenters. The van der Waals surface area contributed by atoms with Gasteiger partial charge in [-0.2, -0.15) is 5.01 Å². The van der Waals surface area contributed by atoms with Crippen molar-refractivity contribution in [2.24, 2.45) is 0 Å². The van der Waals surface area contributed by atoms with E-state index in [0.29, 0.717) is 5.69 Å². The third kappa shape index (κ3) is 2.00. The Labute approximate surface area is 104 Å². The van der Waals surface area contributed by atoms with Crippen LogP contribution in [0.2, 0.25) is 0 Å². The van der Waals surface area contributed by atoms with Gasteiger partial charge >= 0.3 is 12.2 Å². The number of methoxy groups -OCH3 is 1. The largest absolute Gasteiger partial charge is 0.464 e. The van der Waals surface area contributed by atoms with E-state index in [2.05, 4.69) is 4.74 Å². The highest BCUT2D eigenvalue weighted by Crippen LogP contribution is 2.26. The maximum atomic E-state index is 11.8. The normalized spacial score (nSPS) is 13.8. The Morgan fingerprint density at radius 3 is 2.72 bits per heavy atom. The predicted molar refractivity (Wildman–Crippen MR) is 65.1 cm³/mol. The number of hydrogen-bond acceptors (Lipinski definition) is 3. The summed E-state index contributed by atoms with van der Waals surface area (Å²) in [5.41, 5.74) is 1.23. The van der Waals surface area contributed by atoms with Crippen molar-refractivity contribution >= 4 is 23.9 Å². The maximum Gasteiger partial charge on any atom is 0.433 e. The van der Waals surface area contributed by atoms with Gasteiger partial charge in [-0.3, -0.25) is 0 Å². The minimum Gasteiger partial charge on any atom is -0.464 e. The molecule has 94 valence electrons. The summed E-state index contributed by atoms with van der Waals surface area (Å²) < 4.78 is 4.64. The number of carbonyl (C=O) groups excluding carboxylic acids is 1. The number of ether oxygens (including phenoxy) is 1. The molecule has 0 spiro atoms. The summed E-state index contributed by atoms with van der Waals surface area (Å²) in [5, 5.41) is 11.1. The molecule has 6 heteroatoms. The van der Waals surface area contributed by atoms with E-state index in [9.17, 15) is 9.59 Å². The number of hydrogen-bond donors (Lipinski definition) is 1. The van der Waals surface area contributed by atoms with Crippen molar-refractivity contribution in [3.8, 4) is 0 Å². The van der Waals surface area contributed by atoms with Gasteiger partial charge in [0.05, 0.1) is 19.3 Å². The minimum absolute atomic E-state index is 0.0825. The van der Waals surface area contributed by atoms with E-state index in [0.717, 1.165) is 15.6 Å². The Bertz CT molecular complexity index is 513. The lowest BCUT2D eigenvalue weighted by molar-refractivity contribution is 0.128. The quantitative estimate of drug-likeness (QED) is 0.764. The molecule has 1 aliphatic rings. The van der Waals surface area contributed by atoms with E-state index in [-0.39, 0.29) is 6.54 Å². The fraction of sp³-hybridized carbons (Fsp3) is 0.167. The van der Waals surface area contributed by atoms with Crippen molar-refractivity contribution in [2.45, 2.75) is 0 Å². The summed E-state index contributed by atoms with van der Waals surface area (Å²) >= 11 is 0. The smallest absolute Gasteiger partial charge is 0.433 e. The van der Waals surface area contributed by atoms with Crippen LogP contribution < -0.4 is 5.01 Å². The second kappa shape index (κ2) is 4.79. The average Bonchev–Trinajstić information content (AvgIpc) is 2.57. The zero-order valence-corrected chi connectivity index (χ0v) is 9.74. The van der Waals surface area contributed by atoms with E-state index < -0.39 is 12.2 Å². The molecular weight excluding hydrogens is 236 g/mol. The first-order valence-electron chi connectivity index (χ1n) is 5.29. The standard InChI is InChI=1S/C12H12N2O4/c1-18-12(17)14-10-7-3-2-5-9(10)6-4-8-13(14)11(15)16/h2-7H,8H2,1H3,(H,15,16). The van der Waals surface area contributed by atoms with Crippen molar-refractivity contribution in [3.63, 3.8) is 0 Å². The van der Waals surface area contributed by atoms with E-state index >= 15 is 0 Å². The number of fused-ring (bicyclic) bond motifs is 1. The van der Waals surface area contributed by atoms with Gasteiger partial charge < -0.3 is 9.84 Å². The summed E-state index contributed by atoms with van der Waals surface area (Å²) in [6.45, 7) is 0.0825. The van der Waals surface area contributed by atoms with Crippen molar-refractivity contribution < 1.29 is 19.4 Å². The van der Waals surface area contributed by atoms with Crippen LogP contribution in [0.15, 0.2) is 30.3 Å². The van der Waals surface area contributed by atoms with E-state index in [1.807, 2.05) is 6.07 Å². The molecular formula is C12H12N2O4. The molecule has 2 rings (SSSR count). The number of hydrazine groups is 1. The molecule has 0 fully saturated rings. The predicted octanol–water partition coefficient (Wildman–Crippen LogP) is 2.18. The highest BCUT2D eigenvalue weighted by atomic mass is 16.6. The molecule has 0 aromatic heterocycles. The van der Waals surface area contributed by atoms with Crippen molar-refractivity contribution in [1.82, 2.24) is 5.01 Å². The average molecular weight is 248 g/mol. The van der Waals surface area contributed by atoms with Gasteiger partial charge in [-0.25, -0.2) is 14.6 Å². The Kier molecular flexibility index (Phi) is 3.18. The van der Waals surface area contributed by atoms with Crippen molar-refractivity contribution in [3.05, 3.63) is 35.9 Å². The zero-order valence-electron chi connectivity index (χ0n) is 9.74. The Morgan fingerprint density at radius 1 is 1.33 bits per heavy atom. The van der Waals surface area contributed by atoms with Gasteiger partial charge in [-0.15, -0.1) is 0 Å². The number of amides is 2. The molecule has 1 heterocycles. The number of para-hydroxylation sites is 1. The molecule has 1 N–H and O–H groups in total. The van der Waals surface area contributed by atoms with Gasteiger partial charge in [0, 0.05) is 5.56 Å². The van der Waals surface area contributed by atoms with Gasteiger partial charge in [0.15, 0.2) is 0 Å². The van der Waals surface area contributed by atoms with Gasteiger partial charge in [-0.05, 0) is 6.07 Å². The molecule has 1 aromatic carbocycles. The maximum absolute atomic E-state index is 11.8. The van der Waals surface area contributed by atoms with Crippen LogP contribution in [0.4, 0.5) is 15.3 Å². The fourth-order valence-electron chi connectivity index (χ4n) is 1.76. The van der Waals surface area contributed by atoms with Gasteiger partial charge in [0.1, 0.15) is 0 Å². The molecule has 0 saturated carbocycles. The second-order valence-corrected chi connectivity index (χ2v) is 3.61. The summed E-state index contributed by atoms with van der Waals surface area (Å²) in [5.74, 6) is 0. The number of carbonyl (C=O) groups is 2. The monoisotopic (exact) mass is 248 g/mol. The Balaban J connectivity index is 2.54. The van der Waals surface area contributed by atoms with Crippen LogP contribution in [0.5, 0.6) is 0 Å². The van der Waals surface area contributed by atoms with Crippen LogP contribution >= 0.6 is 0 Å². The van der Waals surface area contributed by atoms with Crippen molar-refractivity contribution in [1.29, 1.82) is 0 Å².